The zero-order chi connectivity index (χ0) is 17.6. The molecule has 1 aliphatic carbocycles. The Balaban J connectivity index is 1.60. The number of fused-ring (bicyclic) bond motifs is 1. The number of nitrogens with one attached hydrogen (secondary N) is 1. The number of carboxylic acids is 1. The molecule has 0 aromatic heterocycles. The molecule has 0 radical (unpaired) electrons. The lowest BCUT2D eigenvalue weighted by Gasteiger charge is -2.12. The summed E-state index contributed by atoms with van der Waals surface area (Å²) in [5.41, 5.74) is 2.45. The fraction of sp³-hybridized carbons (Fsp3) is 0.158. The van der Waals surface area contributed by atoms with Crippen LogP contribution in [0.25, 0.3) is 0 Å². The quantitative estimate of drug-likeness (QED) is 0.897. The first-order valence-corrected chi connectivity index (χ1v) is 7.81. The molecular weight excluding hydrogens is 318 g/mol. The van der Waals surface area contributed by atoms with E-state index in [0.717, 1.165) is 11.1 Å². The van der Waals surface area contributed by atoms with E-state index in [0.29, 0.717) is 11.4 Å². The second-order valence-electron chi connectivity index (χ2n) is 6.13. The molecule has 1 heterocycles. The number of hydrogen-bond donors (Lipinski definition) is 2. The highest BCUT2D eigenvalue weighted by Gasteiger charge is 2.58. The molecule has 122 valence electrons. The second kappa shape index (κ2) is 5.56. The van der Waals surface area contributed by atoms with Gasteiger partial charge in [0, 0.05) is 11.5 Å². The van der Waals surface area contributed by atoms with E-state index in [1.54, 1.807) is 48.5 Å². The lowest BCUT2D eigenvalue weighted by molar-refractivity contribution is -0.121. The molecule has 6 heteroatoms. The maximum absolute atomic E-state index is 12.4. The maximum Gasteiger partial charge on any atom is 0.335 e. The van der Waals surface area contributed by atoms with Crippen molar-refractivity contribution in [3.63, 3.8) is 0 Å². The SMILES string of the molecule is N#Cc1ccc(C2=NC3C(C(=O)N2)C3c2ccc(C(=O)O)cc2)cc1. The lowest BCUT2D eigenvalue weighted by atomic mass is 10.1. The average Bonchev–Trinajstić information content (AvgIpc) is 3.37. The predicted molar refractivity (Wildman–Crippen MR) is 89.3 cm³/mol. The molecule has 1 aliphatic heterocycles. The Morgan fingerprint density at radius 3 is 2.36 bits per heavy atom. The van der Waals surface area contributed by atoms with Crippen LogP contribution in [-0.2, 0) is 4.79 Å². The smallest absolute Gasteiger partial charge is 0.335 e. The van der Waals surface area contributed by atoms with E-state index in [1.807, 2.05) is 0 Å². The Hall–Kier alpha value is -3.46. The van der Waals surface area contributed by atoms with E-state index in [-0.39, 0.29) is 29.3 Å². The van der Waals surface area contributed by atoms with Gasteiger partial charge in [0.1, 0.15) is 5.84 Å². The molecular formula is C19H13N3O3. The van der Waals surface area contributed by atoms with Gasteiger partial charge in [-0.1, -0.05) is 12.1 Å². The zero-order valence-electron chi connectivity index (χ0n) is 13.0. The summed E-state index contributed by atoms with van der Waals surface area (Å²) in [7, 11) is 0. The van der Waals surface area contributed by atoms with E-state index >= 15 is 0 Å². The Morgan fingerprint density at radius 1 is 1.08 bits per heavy atom. The summed E-state index contributed by atoms with van der Waals surface area (Å²) in [6.45, 7) is 0. The summed E-state index contributed by atoms with van der Waals surface area (Å²) in [4.78, 5) is 27.9. The monoisotopic (exact) mass is 331 g/mol. The van der Waals surface area contributed by atoms with E-state index in [2.05, 4.69) is 16.4 Å². The molecule has 0 spiro atoms. The molecule has 3 unspecified atom stereocenters. The standard InChI is InChI=1S/C19H13N3O3/c20-9-10-1-3-12(4-2-10)17-21-16-14(15(16)18(23)22-17)11-5-7-13(8-6-11)19(24)25/h1-8,14-16H,(H,24,25)(H,21,22,23). The normalized spacial score (nSPS) is 23.7. The second-order valence-corrected chi connectivity index (χ2v) is 6.13. The van der Waals surface area contributed by atoms with Crippen molar-refractivity contribution in [2.45, 2.75) is 12.0 Å². The van der Waals surface area contributed by atoms with Gasteiger partial charge in [-0.05, 0) is 42.0 Å². The molecule has 6 nitrogen and oxygen atoms in total. The number of amides is 1. The fourth-order valence-electron chi connectivity index (χ4n) is 3.26. The van der Waals surface area contributed by atoms with Crippen LogP contribution in [0.2, 0.25) is 0 Å². The van der Waals surface area contributed by atoms with Crippen molar-refractivity contribution < 1.29 is 14.7 Å². The Kier molecular flexibility index (Phi) is 3.36. The van der Waals surface area contributed by atoms with E-state index in [4.69, 9.17) is 10.4 Å². The van der Waals surface area contributed by atoms with Crippen LogP contribution in [0.15, 0.2) is 53.5 Å². The van der Waals surface area contributed by atoms with Gasteiger partial charge in [-0.2, -0.15) is 5.26 Å². The number of hydrogen-bond acceptors (Lipinski definition) is 4. The highest BCUT2D eigenvalue weighted by Crippen LogP contribution is 2.51. The van der Waals surface area contributed by atoms with Gasteiger partial charge in [-0.15, -0.1) is 0 Å². The van der Waals surface area contributed by atoms with Gasteiger partial charge in [0.15, 0.2) is 0 Å². The van der Waals surface area contributed by atoms with Gasteiger partial charge in [0.2, 0.25) is 5.91 Å². The zero-order valence-corrected chi connectivity index (χ0v) is 13.0. The maximum atomic E-state index is 12.4. The number of aliphatic imine (C=N–C) groups is 1. The molecule has 25 heavy (non-hydrogen) atoms. The van der Waals surface area contributed by atoms with Crippen LogP contribution in [0.3, 0.4) is 0 Å². The highest BCUT2D eigenvalue weighted by atomic mass is 16.4. The summed E-state index contributed by atoms with van der Waals surface area (Å²) in [5, 5.41) is 20.7. The molecule has 4 rings (SSSR count). The van der Waals surface area contributed by atoms with E-state index in [1.165, 1.54) is 0 Å². The van der Waals surface area contributed by atoms with Crippen LogP contribution in [0.5, 0.6) is 0 Å². The third-order valence-electron chi connectivity index (χ3n) is 4.63. The van der Waals surface area contributed by atoms with E-state index in [9.17, 15) is 9.59 Å². The number of amidine groups is 1. The van der Waals surface area contributed by atoms with Gasteiger partial charge in [0.05, 0.1) is 29.2 Å². The van der Waals surface area contributed by atoms with Crippen LogP contribution in [-0.4, -0.2) is 28.9 Å². The van der Waals surface area contributed by atoms with Crippen molar-refractivity contribution in [2.24, 2.45) is 10.9 Å². The summed E-state index contributed by atoms with van der Waals surface area (Å²) in [5.74, 6) is -0.776. The number of rotatable bonds is 3. The fourth-order valence-corrected chi connectivity index (χ4v) is 3.26. The Morgan fingerprint density at radius 2 is 1.76 bits per heavy atom. The summed E-state index contributed by atoms with van der Waals surface area (Å²) in [6, 6.07) is 15.4. The van der Waals surface area contributed by atoms with E-state index < -0.39 is 5.97 Å². The third kappa shape index (κ3) is 2.56. The number of benzene rings is 2. The predicted octanol–water partition coefficient (Wildman–Crippen LogP) is 1.92. The van der Waals surface area contributed by atoms with Crippen LogP contribution in [0.4, 0.5) is 0 Å². The lowest BCUT2D eigenvalue weighted by Crippen LogP contribution is -2.36. The first-order chi connectivity index (χ1) is 12.1. The molecule has 1 saturated carbocycles. The summed E-state index contributed by atoms with van der Waals surface area (Å²) < 4.78 is 0. The molecule has 2 aliphatic rings. The topological polar surface area (TPSA) is 103 Å². The number of carbonyl (C=O) groups excluding carboxylic acids is 1. The molecule has 2 aromatic rings. The van der Waals surface area contributed by atoms with Gasteiger partial charge in [0.25, 0.3) is 0 Å². The third-order valence-corrected chi connectivity index (χ3v) is 4.63. The van der Waals surface area contributed by atoms with Gasteiger partial charge < -0.3 is 10.4 Å². The number of nitrogens with zero attached hydrogens (tertiary/aromatic N) is 2. The first kappa shape index (κ1) is 15.1. The Bertz CT molecular complexity index is 939. The minimum Gasteiger partial charge on any atom is -0.478 e. The highest BCUT2D eigenvalue weighted by molar-refractivity contribution is 6.11. The minimum atomic E-state index is -0.973. The molecule has 0 saturated heterocycles. The van der Waals surface area contributed by atoms with Crippen LogP contribution in [0, 0.1) is 17.2 Å². The minimum absolute atomic E-state index is 0.0290. The van der Waals surface area contributed by atoms with Gasteiger partial charge >= 0.3 is 5.97 Å². The summed E-state index contributed by atoms with van der Waals surface area (Å²) >= 11 is 0. The van der Waals surface area contributed by atoms with Crippen LogP contribution >= 0.6 is 0 Å². The van der Waals surface area contributed by atoms with Crippen molar-refractivity contribution in [1.82, 2.24) is 5.32 Å². The summed E-state index contributed by atoms with van der Waals surface area (Å²) in [6.07, 6.45) is 0. The van der Waals surface area contributed by atoms with Crippen molar-refractivity contribution in [3.05, 3.63) is 70.8 Å². The number of aromatic carboxylic acids is 1. The number of carbonyl (C=O) groups is 2. The van der Waals surface area contributed by atoms with Crippen LogP contribution < -0.4 is 5.32 Å². The molecule has 1 amide bonds. The van der Waals surface area contributed by atoms with Crippen molar-refractivity contribution in [3.8, 4) is 6.07 Å². The first-order valence-electron chi connectivity index (χ1n) is 7.81. The Labute approximate surface area is 143 Å². The molecule has 2 aromatic carbocycles. The molecule has 2 N–H and O–H groups in total. The van der Waals surface area contributed by atoms with Crippen molar-refractivity contribution in [2.75, 3.05) is 0 Å². The average molecular weight is 331 g/mol. The molecule has 1 fully saturated rings. The number of carboxylic acid groups (broad SMARTS) is 1. The number of nitriles is 1. The largest absolute Gasteiger partial charge is 0.478 e. The molecule has 0 bridgehead atoms. The van der Waals surface area contributed by atoms with Gasteiger partial charge in [-0.3, -0.25) is 9.79 Å². The van der Waals surface area contributed by atoms with Crippen molar-refractivity contribution in [1.29, 1.82) is 5.26 Å². The molecule has 3 atom stereocenters. The van der Waals surface area contributed by atoms with Gasteiger partial charge in [-0.25, -0.2) is 4.79 Å². The van der Waals surface area contributed by atoms with Crippen molar-refractivity contribution >= 4 is 17.7 Å². The van der Waals surface area contributed by atoms with Crippen LogP contribution in [0.1, 0.15) is 33.0 Å².